The SMILES string of the molecule is NC(=O)c1ccc(N2CCN(Cc3cn4cc(Cl)ccc4n3)CC2)cc1. The van der Waals surface area contributed by atoms with Crippen molar-refractivity contribution in [2.75, 3.05) is 31.1 Å². The molecule has 0 unspecified atom stereocenters. The van der Waals surface area contributed by atoms with Crippen molar-refractivity contribution in [1.29, 1.82) is 0 Å². The summed E-state index contributed by atoms with van der Waals surface area (Å²) in [6, 6.07) is 11.3. The van der Waals surface area contributed by atoms with Crippen LogP contribution in [0.1, 0.15) is 16.1 Å². The number of carbonyl (C=O) groups excluding carboxylic acids is 1. The van der Waals surface area contributed by atoms with Gasteiger partial charge < -0.3 is 15.0 Å². The number of aromatic nitrogens is 2. The van der Waals surface area contributed by atoms with Crippen molar-refractivity contribution in [3.63, 3.8) is 0 Å². The molecule has 2 aromatic heterocycles. The maximum atomic E-state index is 11.2. The Morgan fingerprint density at radius 3 is 2.46 bits per heavy atom. The van der Waals surface area contributed by atoms with Crippen molar-refractivity contribution >= 4 is 28.8 Å². The van der Waals surface area contributed by atoms with Crippen molar-refractivity contribution in [3.8, 4) is 0 Å². The lowest BCUT2D eigenvalue weighted by atomic mass is 10.1. The van der Waals surface area contributed by atoms with Gasteiger partial charge in [0.25, 0.3) is 0 Å². The van der Waals surface area contributed by atoms with Crippen LogP contribution >= 0.6 is 11.6 Å². The third-order valence-electron chi connectivity index (χ3n) is 4.74. The minimum Gasteiger partial charge on any atom is -0.369 e. The van der Waals surface area contributed by atoms with E-state index in [9.17, 15) is 4.79 Å². The Hall–Kier alpha value is -2.57. The monoisotopic (exact) mass is 369 g/mol. The molecule has 0 bridgehead atoms. The summed E-state index contributed by atoms with van der Waals surface area (Å²) in [4.78, 5) is 20.6. The van der Waals surface area contributed by atoms with Crippen LogP contribution in [0.3, 0.4) is 0 Å². The van der Waals surface area contributed by atoms with Gasteiger partial charge in [-0.15, -0.1) is 0 Å². The average molecular weight is 370 g/mol. The van der Waals surface area contributed by atoms with E-state index in [0.717, 1.165) is 49.8 Å². The molecule has 0 atom stereocenters. The summed E-state index contributed by atoms with van der Waals surface area (Å²) >= 11 is 6.03. The van der Waals surface area contributed by atoms with Gasteiger partial charge in [-0.1, -0.05) is 11.6 Å². The zero-order valence-corrected chi connectivity index (χ0v) is 15.1. The summed E-state index contributed by atoms with van der Waals surface area (Å²) in [5, 5.41) is 0.706. The Kier molecular flexibility index (Phi) is 4.53. The Bertz CT molecular complexity index is 929. The van der Waals surface area contributed by atoms with Crippen LogP contribution in [0.25, 0.3) is 5.65 Å². The van der Waals surface area contributed by atoms with Crippen LogP contribution in [-0.2, 0) is 6.54 Å². The van der Waals surface area contributed by atoms with E-state index in [-0.39, 0.29) is 0 Å². The van der Waals surface area contributed by atoms with E-state index in [1.807, 2.05) is 41.1 Å². The van der Waals surface area contributed by atoms with Crippen molar-refractivity contribution < 1.29 is 4.79 Å². The minimum absolute atomic E-state index is 0.393. The summed E-state index contributed by atoms with van der Waals surface area (Å²) in [5.74, 6) is -0.393. The molecule has 0 radical (unpaired) electrons. The van der Waals surface area contributed by atoms with Crippen LogP contribution in [0, 0.1) is 0 Å². The third-order valence-corrected chi connectivity index (χ3v) is 4.96. The predicted molar refractivity (Wildman–Crippen MR) is 103 cm³/mol. The second-order valence-corrected chi connectivity index (χ2v) is 6.96. The number of anilines is 1. The van der Waals surface area contributed by atoms with Gasteiger partial charge in [-0.3, -0.25) is 9.69 Å². The first kappa shape index (κ1) is 16.9. The highest BCUT2D eigenvalue weighted by Gasteiger charge is 2.18. The lowest BCUT2D eigenvalue weighted by Crippen LogP contribution is -2.46. The number of nitrogens with zero attached hydrogens (tertiary/aromatic N) is 4. The lowest BCUT2D eigenvalue weighted by molar-refractivity contribution is 0.100. The van der Waals surface area contributed by atoms with Crippen LogP contribution in [0.15, 0.2) is 48.8 Å². The molecule has 3 heterocycles. The highest BCUT2D eigenvalue weighted by Crippen LogP contribution is 2.19. The lowest BCUT2D eigenvalue weighted by Gasteiger charge is -2.35. The Morgan fingerprint density at radius 2 is 1.77 bits per heavy atom. The summed E-state index contributed by atoms with van der Waals surface area (Å²) in [5.41, 5.74) is 8.92. The molecule has 1 saturated heterocycles. The standard InChI is InChI=1S/C19H20ClN5O/c20-15-3-6-18-22-16(13-25(18)11-15)12-23-7-9-24(10-8-23)17-4-1-14(2-5-17)19(21)26/h1-6,11,13H,7-10,12H2,(H2,21,26). The molecule has 1 aliphatic heterocycles. The quantitative estimate of drug-likeness (QED) is 0.767. The van der Waals surface area contributed by atoms with Crippen molar-refractivity contribution in [2.24, 2.45) is 5.73 Å². The number of amides is 1. The van der Waals surface area contributed by atoms with Crippen LogP contribution in [0.4, 0.5) is 5.69 Å². The molecule has 3 aromatic rings. The molecule has 134 valence electrons. The van der Waals surface area contributed by atoms with E-state index in [1.54, 1.807) is 12.1 Å². The number of pyridine rings is 1. The number of halogens is 1. The number of primary amides is 1. The number of hydrogen-bond donors (Lipinski definition) is 1. The Balaban J connectivity index is 1.37. The normalized spacial score (nSPS) is 15.5. The van der Waals surface area contributed by atoms with Gasteiger partial charge in [0.15, 0.2) is 0 Å². The molecule has 26 heavy (non-hydrogen) atoms. The number of benzene rings is 1. The smallest absolute Gasteiger partial charge is 0.248 e. The molecule has 2 N–H and O–H groups in total. The Morgan fingerprint density at radius 1 is 1.04 bits per heavy atom. The van der Waals surface area contributed by atoms with E-state index in [1.165, 1.54) is 0 Å². The highest BCUT2D eigenvalue weighted by molar-refractivity contribution is 6.30. The summed E-state index contributed by atoms with van der Waals surface area (Å²) in [6.45, 7) is 4.64. The van der Waals surface area contributed by atoms with Gasteiger partial charge in [-0.25, -0.2) is 4.98 Å². The predicted octanol–water partition coefficient (Wildman–Crippen LogP) is 2.41. The number of imidazole rings is 1. The number of carbonyl (C=O) groups is 1. The van der Waals surface area contributed by atoms with E-state index >= 15 is 0 Å². The van der Waals surface area contributed by atoms with E-state index in [4.69, 9.17) is 17.3 Å². The molecule has 0 spiro atoms. The van der Waals surface area contributed by atoms with Gasteiger partial charge in [-0.05, 0) is 36.4 Å². The third kappa shape index (κ3) is 3.52. The van der Waals surface area contributed by atoms with Gasteiger partial charge in [0.1, 0.15) is 5.65 Å². The van der Waals surface area contributed by atoms with Gasteiger partial charge >= 0.3 is 0 Å². The summed E-state index contributed by atoms with van der Waals surface area (Å²) < 4.78 is 1.97. The maximum absolute atomic E-state index is 11.2. The summed E-state index contributed by atoms with van der Waals surface area (Å²) in [7, 11) is 0. The molecular weight excluding hydrogens is 350 g/mol. The van der Waals surface area contributed by atoms with Gasteiger partial charge in [0.2, 0.25) is 5.91 Å². The molecular formula is C19H20ClN5O. The number of nitrogens with two attached hydrogens (primary N) is 1. The number of rotatable bonds is 4. The molecule has 1 amide bonds. The molecule has 6 nitrogen and oxygen atoms in total. The second-order valence-electron chi connectivity index (χ2n) is 6.52. The topological polar surface area (TPSA) is 66.9 Å². The zero-order valence-electron chi connectivity index (χ0n) is 14.3. The fourth-order valence-corrected chi connectivity index (χ4v) is 3.49. The minimum atomic E-state index is -0.393. The van der Waals surface area contributed by atoms with Crippen LogP contribution < -0.4 is 10.6 Å². The van der Waals surface area contributed by atoms with E-state index < -0.39 is 5.91 Å². The second kappa shape index (κ2) is 6.97. The maximum Gasteiger partial charge on any atom is 0.248 e. The molecule has 4 rings (SSSR count). The summed E-state index contributed by atoms with van der Waals surface area (Å²) in [6.07, 6.45) is 3.91. The Labute approximate surface area is 156 Å². The molecule has 0 saturated carbocycles. The first-order valence-corrected chi connectivity index (χ1v) is 8.96. The molecule has 0 aliphatic carbocycles. The van der Waals surface area contributed by atoms with Gasteiger partial charge in [0.05, 0.1) is 10.7 Å². The van der Waals surface area contributed by atoms with E-state index in [0.29, 0.717) is 10.6 Å². The first-order valence-electron chi connectivity index (χ1n) is 8.59. The van der Waals surface area contributed by atoms with Crippen LogP contribution in [0.2, 0.25) is 5.02 Å². The fraction of sp³-hybridized carbons (Fsp3) is 0.263. The van der Waals surface area contributed by atoms with Crippen LogP contribution in [-0.4, -0.2) is 46.4 Å². The van der Waals surface area contributed by atoms with Crippen LogP contribution in [0.5, 0.6) is 0 Å². The number of piperazine rings is 1. The van der Waals surface area contributed by atoms with Crippen molar-refractivity contribution in [1.82, 2.24) is 14.3 Å². The first-order chi connectivity index (χ1) is 12.6. The number of fused-ring (bicyclic) bond motifs is 1. The van der Waals surface area contributed by atoms with Gasteiger partial charge in [0, 0.05) is 56.4 Å². The number of hydrogen-bond acceptors (Lipinski definition) is 4. The van der Waals surface area contributed by atoms with E-state index in [2.05, 4.69) is 14.8 Å². The van der Waals surface area contributed by atoms with Crippen molar-refractivity contribution in [3.05, 3.63) is 65.1 Å². The molecule has 1 aliphatic rings. The average Bonchev–Trinajstić information content (AvgIpc) is 3.03. The molecule has 1 aromatic carbocycles. The fourth-order valence-electron chi connectivity index (χ4n) is 3.32. The van der Waals surface area contributed by atoms with Gasteiger partial charge in [-0.2, -0.15) is 0 Å². The molecule has 7 heteroatoms. The van der Waals surface area contributed by atoms with Crippen molar-refractivity contribution in [2.45, 2.75) is 6.54 Å². The molecule has 1 fully saturated rings. The largest absolute Gasteiger partial charge is 0.369 e. The zero-order chi connectivity index (χ0) is 18.1. The highest BCUT2D eigenvalue weighted by atomic mass is 35.5.